The third kappa shape index (κ3) is 6.88. The lowest BCUT2D eigenvalue weighted by molar-refractivity contribution is 0.483. The van der Waals surface area contributed by atoms with Crippen LogP contribution >= 0.6 is 0 Å². The van der Waals surface area contributed by atoms with Gasteiger partial charge in [0.1, 0.15) is 0 Å². The Morgan fingerprint density at radius 2 is 1.73 bits per heavy atom. The standard InChI is InChI=1S/C6H6O3S.C5H10/c7-10(8,9)6-4-2-1-3-5-6;1-4-5(2)3/h1-5H,(H,7,8,9);2,4H2,1,3H3. The third-order valence-electron chi connectivity index (χ3n) is 1.64. The van der Waals surface area contributed by atoms with Gasteiger partial charge in [-0.25, -0.2) is 0 Å². The summed E-state index contributed by atoms with van der Waals surface area (Å²) in [5.41, 5.74) is 1.25. The molecular formula is C11H16O3S. The number of rotatable bonds is 2. The number of allylic oxidation sites excluding steroid dienone is 1. The molecule has 0 saturated heterocycles. The summed E-state index contributed by atoms with van der Waals surface area (Å²) in [4.78, 5) is -0.0741. The van der Waals surface area contributed by atoms with Crippen LogP contribution in [0.1, 0.15) is 20.3 Å². The van der Waals surface area contributed by atoms with Crippen LogP contribution in [-0.4, -0.2) is 13.0 Å². The molecule has 15 heavy (non-hydrogen) atoms. The molecule has 1 rings (SSSR count). The van der Waals surface area contributed by atoms with Crippen molar-refractivity contribution in [2.24, 2.45) is 0 Å². The molecule has 0 amide bonds. The molecule has 0 bridgehead atoms. The van der Waals surface area contributed by atoms with Crippen LogP contribution in [-0.2, 0) is 10.1 Å². The highest BCUT2D eigenvalue weighted by molar-refractivity contribution is 7.85. The summed E-state index contributed by atoms with van der Waals surface area (Å²) >= 11 is 0. The molecule has 0 saturated carbocycles. The maximum atomic E-state index is 10.4. The highest BCUT2D eigenvalue weighted by Gasteiger charge is 2.05. The first-order valence-corrected chi connectivity index (χ1v) is 5.98. The van der Waals surface area contributed by atoms with E-state index in [2.05, 4.69) is 13.5 Å². The molecule has 0 aliphatic rings. The molecule has 84 valence electrons. The van der Waals surface area contributed by atoms with Crippen LogP contribution in [0.2, 0.25) is 0 Å². The minimum absolute atomic E-state index is 0.0741. The van der Waals surface area contributed by atoms with Crippen molar-refractivity contribution in [3.8, 4) is 0 Å². The number of benzene rings is 1. The predicted molar refractivity (Wildman–Crippen MR) is 61.4 cm³/mol. The van der Waals surface area contributed by atoms with Gasteiger partial charge in [0.15, 0.2) is 0 Å². The molecule has 1 aromatic carbocycles. The van der Waals surface area contributed by atoms with Gasteiger partial charge in [-0.1, -0.05) is 30.7 Å². The van der Waals surface area contributed by atoms with Crippen LogP contribution in [0.5, 0.6) is 0 Å². The average molecular weight is 228 g/mol. The van der Waals surface area contributed by atoms with Gasteiger partial charge in [-0.2, -0.15) is 8.42 Å². The zero-order valence-electron chi connectivity index (χ0n) is 8.97. The Balaban J connectivity index is 0.000000336. The molecule has 4 heteroatoms. The molecule has 0 aromatic heterocycles. The van der Waals surface area contributed by atoms with Crippen LogP contribution in [0.15, 0.2) is 47.4 Å². The molecule has 1 aromatic rings. The summed E-state index contributed by atoms with van der Waals surface area (Å²) < 4.78 is 29.2. The van der Waals surface area contributed by atoms with Crippen LogP contribution in [0.25, 0.3) is 0 Å². The molecule has 0 radical (unpaired) electrons. The largest absolute Gasteiger partial charge is 0.294 e. The van der Waals surface area contributed by atoms with Crippen molar-refractivity contribution < 1.29 is 13.0 Å². The Hall–Kier alpha value is -1.13. The van der Waals surface area contributed by atoms with Gasteiger partial charge in [-0.3, -0.25) is 4.55 Å². The quantitative estimate of drug-likeness (QED) is 0.625. The van der Waals surface area contributed by atoms with E-state index in [1.807, 2.05) is 6.92 Å². The Morgan fingerprint density at radius 1 is 1.33 bits per heavy atom. The van der Waals surface area contributed by atoms with Gasteiger partial charge in [0.05, 0.1) is 4.90 Å². The van der Waals surface area contributed by atoms with Gasteiger partial charge >= 0.3 is 0 Å². The van der Waals surface area contributed by atoms with E-state index in [9.17, 15) is 8.42 Å². The topological polar surface area (TPSA) is 54.4 Å². The predicted octanol–water partition coefficient (Wildman–Crippen LogP) is 2.91. The first-order valence-electron chi connectivity index (χ1n) is 4.54. The van der Waals surface area contributed by atoms with Crippen LogP contribution < -0.4 is 0 Å². The van der Waals surface area contributed by atoms with E-state index in [0.717, 1.165) is 6.42 Å². The zero-order valence-corrected chi connectivity index (χ0v) is 9.79. The summed E-state index contributed by atoms with van der Waals surface area (Å²) in [5, 5.41) is 0. The fourth-order valence-corrected chi connectivity index (χ4v) is 1.09. The van der Waals surface area contributed by atoms with Crippen molar-refractivity contribution >= 4 is 10.1 Å². The molecule has 0 atom stereocenters. The Kier molecular flexibility index (Phi) is 5.89. The van der Waals surface area contributed by atoms with Crippen molar-refractivity contribution in [3.05, 3.63) is 42.5 Å². The SMILES string of the molecule is C=C(C)CC.O=S(=O)(O)c1ccccc1. The normalized spacial score (nSPS) is 10.1. The van der Waals surface area contributed by atoms with Gasteiger partial charge < -0.3 is 0 Å². The highest BCUT2D eigenvalue weighted by Crippen LogP contribution is 2.05. The number of hydrogen-bond acceptors (Lipinski definition) is 2. The van der Waals surface area contributed by atoms with Gasteiger partial charge in [0, 0.05) is 0 Å². The van der Waals surface area contributed by atoms with Crippen LogP contribution in [0, 0.1) is 0 Å². The van der Waals surface area contributed by atoms with Crippen molar-refractivity contribution in [1.82, 2.24) is 0 Å². The lowest BCUT2D eigenvalue weighted by Crippen LogP contribution is -1.96. The molecule has 0 spiro atoms. The molecular weight excluding hydrogens is 212 g/mol. The summed E-state index contributed by atoms with van der Waals surface area (Å²) in [7, 11) is -4.00. The second kappa shape index (κ2) is 6.37. The fraction of sp³-hybridized carbons (Fsp3) is 0.273. The molecule has 0 unspecified atom stereocenters. The summed E-state index contributed by atoms with van der Waals surface area (Å²) in [5.74, 6) is 0. The second-order valence-corrected chi connectivity index (χ2v) is 4.52. The number of hydrogen-bond donors (Lipinski definition) is 1. The van der Waals surface area contributed by atoms with Gasteiger partial charge in [0.2, 0.25) is 0 Å². The van der Waals surface area contributed by atoms with Crippen molar-refractivity contribution in [2.75, 3.05) is 0 Å². The lowest BCUT2D eigenvalue weighted by atomic mass is 10.3. The van der Waals surface area contributed by atoms with E-state index in [0.29, 0.717) is 0 Å². The molecule has 0 heterocycles. The second-order valence-electron chi connectivity index (χ2n) is 3.10. The molecule has 1 N–H and O–H groups in total. The Morgan fingerprint density at radius 3 is 1.93 bits per heavy atom. The lowest BCUT2D eigenvalue weighted by Gasteiger charge is -1.92. The fourth-order valence-electron chi connectivity index (χ4n) is 0.592. The van der Waals surface area contributed by atoms with Crippen molar-refractivity contribution in [2.45, 2.75) is 25.2 Å². The van der Waals surface area contributed by atoms with E-state index >= 15 is 0 Å². The summed E-state index contributed by atoms with van der Waals surface area (Å²) in [6.45, 7) is 7.80. The zero-order chi connectivity index (χ0) is 11.9. The minimum Gasteiger partial charge on any atom is -0.282 e. The molecule has 0 aliphatic heterocycles. The first-order chi connectivity index (χ1) is 6.88. The summed E-state index contributed by atoms with van der Waals surface area (Å²) in [6.07, 6.45) is 1.11. The maximum Gasteiger partial charge on any atom is 0.294 e. The Labute approximate surface area is 91.2 Å². The first kappa shape index (κ1) is 13.9. The van der Waals surface area contributed by atoms with E-state index in [1.54, 1.807) is 18.2 Å². The van der Waals surface area contributed by atoms with Crippen molar-refractivity contribution in [3.63, 3.8) is 0 Å². The van der Waals surface area contributed by atoms with Gasteiger partial charge in [-0.15, -0.1) is 6.58 Å². The highest BCUT2D eigenvalue weighted by atomic mass is 32.2. The van der Waals surface area contributed by atoms with E-state index in [4.69, 9.17) is 4.55 Å². The molecule has 0 aliphatic carbocycles. The Bertz CT molecular complexity index is 393. The van der Waals surface area contributed by atoms with Crippen molar-refractivity contribution in [1.29, 1.82) is 0 Å². The minimum atomic E-state index is -4.00. The third-order valence-corrected chi connectivity index (χ3v) is 2.51. The van der Waals surface area contributed by atoms with Gasteiger partial charge in [0.25, 0.3) is 10.1 Å². The molecule has 0 fully saturated rings. The van der Waals surface area contributed by atoms with E-state index in [1.165, 1.54) is 17.7 Å². The van der Waals surface area contributed by atoms with Crippen LogP contribution in [0.3, 0.4) is 0 Å². The van der Waals surface area contributed by atoms with E-state index in [-0.39, 0.29) is 4.90 Å². The molecule has 3 nitrogen and oxygen atoms in total. The smallest absolute Gasteiger partial charge is 0.282 e. The van der Waals surface area contributed by atoms with E-state index < -0.39 is 10.1 Å². The maximum absolute atomic E-state index is 10.4. The summed E-state index contributed by atoms with van der Waals surface area (Å²) in [6, 6.07) is 7.42. The van der Waals surface area contributed by atoms with Gasteiger partial charge in [-0.05, 0) is 25.5 Å². The monoisotopic (exact) mass is 228 g/mol. The average Bonchev–Trinajstić information content (AvgIpc) is 2.19. The van der Waals surface area contributed by atoms with Crippen LogP contribution in [0.4, 0.5) is 0 Å².